The average Bonchev–Trinajstić information content (AvgIpc) is 2.17. The maximum Gasteiger partial charge on any atom is 0.122 e. The van der Waals surface area contributed by atoms with Crippen LogP contribution in [0.4, 0.5) is 0 Å². The van der Waals surface area contributed by atoms with E-state index in [1.807, 2.05) is 18.2 Å². The highest BCUT2D eigenvalue weighted by Crippen LogP contribution is 2.22. The smallest absolute Gasteiger partial charge is 0.122 e. The fourth-order valence-corrected chi connectivity index (χ4v) is 1.34. The molecule has 13 heavy (non-hydrogen) atoms. The number of methoxy groups -OCH3 is 2. The van der Waals surface area contributed by atoms with Crippen LogP contribution in [-0.4, -0.2) is 20.1 Å². The lowest BCUT2D eigenvalue weighted by Gasteiger charge is -2.06. The number of aryl methyl sites for hydroxylation is 1. The summed E-state index contributed by atoms with van der Waals surface area (Å²) in [4.78, 5) is 0. The molecule has 1 aromatic rings. The topological polar surface area (TPSA) is 18.5 Å². The highest BCUT2D eigenvalue weighted by atomic mass is 35.5. The monoisotopic (exact) mass is 200 g/mol. The van der Waals surface area contributed by atoms with Crippen LogP contribution in [0.5, 0.6) is 11.5 Å². The van der Waals surface area contributed by atoms with Gasteiger partial charge in [0.25, 0.3) is 0 Å². The van der Waals surface area contributed by atoms with Gasteiger partial charge in [0.1, 0.15) is 11.5 Å². The molecule has 0 atom stereocenters. The van der Waals surface area contributed by atoms with Crippen LogP contribution in [-0.2, 0) is 6.42 Å². The Balaban J connectivity index is 2.93. The Hall–Kier alpha value is -0.890. The van der Waals surface area contributed by atoms with E-state index in [-0.39, 0.29) is 0 Å². The van der Waals surface area contributed by atoms with Gasteiger partial charge in [-0.2, -0.15) is 0 Å². The van der Waals surface area contributed by atoms with Crippen LogP contribution < -0.4 is 9.47 Å². The van der Waals surface area contributed by atoms with E-state index in [2.05, 4.69) is 0 Å². The molecule has 1 rings (SSSR count). The molecular formula is C10H13ClO2. The fourth-order valence-electron chi connectivity index (χ4n) is 1.12. The molecule has 0 fully saturated rings. The van der Waals surface area contributed by atoms with Gasteiger partial charge in [0.2, 0.25) is 0 Å². The summed E-state index contributed by atoms with van der Waals surface area (Å²) in [7, 11) is 3.28. The normalized spacial score (nSPS) is 9.77. The zero-order valence-corrected chi connectivity index (χ0v) is 8.60. The minimum Gasteiger partial charge on any atom is -0.497 e. The highest BCUT2D eigenvalue weighted by Gasteiger charge is 2.00. The third kappa shape index (κ3) is 2.81. The number of alkyl halides is 1. The molecule has 0 saturated carbocycles. The van der Waals surface area contributed by atoms with Crippen LogP contribution in [0, 0.1) is 0 Å². The Kier molecular flexibility index (Phi) is 3.90. The van der Waals surface area contributed by atoms with Crippen molar-refractivity contribution in [3.05, 3.63) is 23.8 Å². The van der Waals surface area contributed by atoms with Crippen LogP contribution in [0.1, 0.15) is 5.56 Å². The van der Waals surface area contributed by atoms with Crippen molar-refractivity contribution in [3.63, 3.8) is 0 Å². The maximum atomic E-state index is 5.65. The highest BCUT2D eigenvalue weighted by molar-refractivity contribution is 6.17. The Bertz CT molecular complexity index is 251. The number of halogens is 1. The Morgan fingerprint density at radius 3 is 2.00 bits per heavy atom. The molecule has 0 bridgehead atoms. The summed E-state index contributed by atoms with van der Waals surface area (Å²) >= 11 is 5.65. The van der Waals surface area contributed by atoms with Gasteiger partial charge in [0, 0.05) is 11.9 Å². The number of ether oxygens (including phenoxy) is 2. The van der Waals surface area contributed by atoms with Gasteiger partial charge < -0.3 is 9.47 Å². The lowest BCUT2D eigenvalue weighted by Crippen LogP contribution is -1.92. The summed E-state index contributed by atoms with van der Waals surface area (Å²) in [6.45, 7) is 0. The summed E-state index contributed by atoms with van der Waals surface area (Å²) < 4.78 is 10.2. The minimum absolute atomic E-state index is 0.607. The van der Waals surface area contributed by atoms with E-state index in [0.717, 1.165) is 23.5 Å². The molecule has 0 N–H and O–H groups in total. The second kappa shape index (κ2) is 4.97. The average molecular weight is 201 g/mol. The zero-order chi connectivity index (χ0) is 9.68. The number of rotatable bonds is 4. The summed E-state index contributed by atoms with van der Waals surface area (Å²) in [5.74, 6) is 2.22. The van der Waals surface area contributed by atoms with Crippen molar-refractivity contribution in [3.8, 4) is 11.5 Å². The molecule has 1 aromatic carbocycles. The maximum absolute atomic E-state index is 5.65. The second-order valence-electron chi connectivity index (χ2n) is 2.66. The van der Waals surface area contributed by atoms with Crippen molar-refractivity contribution in [1.29, 1.82) is 0 Å². The summed E-state index contributed by atoms with van der Waals surface area (Å²) in [6.07, 6.45) is 0.828. The number of hydrogen-bond acceptors (Lipinski definition) is 2. The lowest BCUT2D eigenvalue weighted by atomic mass is 10.1. The van der Waals surface area contributed by atoms with Crippen molar-refractivity contribution in [2.75, 3.05) is 20.1 Å². The molecule has 0 radical (unpaired) electrons. The van der Waals surface area contributed by atoms with Gasteiger partial charge in [-0.3, -0.25) is 0 Å². The first-order chi connectivity index (χ1) is 6.30. The van der Waals surface area contributed by atoms with E-state index in [9.17, 15) is 0 Å². The van der Waals surface area contributed by atoms with E-state index in [1.54, 1.807) is 14.2 Å². The van der Waals surface area contributed by atoms with E-state index in [1.165, 1.54) is 0 Å². The molecule has 0 heterocycles. The Morgan fingerprint density at radius 2 is 1.62 bits per heavy atom. The van der Waals surface area contributed by atoms with Gasteiger partial charge in [-0.25, -0.2) is 0 Å². The van der Waals surface area contributed by atoms with Crippen LogP contribution in [0.25, 0.3) is 0 Å². The molecule has 0 amide bonds. The molecule has 0 aliphatic rings. The van der Waals surface area contributed by atoms with Gasteiger partial charge in [-0.1, -0.05) is 0 Å². The third-order valence-corrected chi connectivity index (χ3v) is 1.98. The predicted octanol–water partition coefficient (Wildman–Crippen LogP) is 2.49. The summed E-state index contributed by atoms with van der Waals surface area (Å²) in [5.41, 5.74) is 1.13. The van der Waals surface area contributed by atoms with E-state index < -0.39 is 0 Å². The first-order valence-corrected chi connectivity index (χ1v) is 4.61. The van der Waals surface area contributed by atoms with E-state index >= 15 is 0 Å². The molecule has 2 nitrogen and oxygen atoms in total. The molecular weight excluding hydrogens is 188 g/mol. The summed E-state index contributed by atoms with van der Waals surface area (Å²) in [5, 5.41) is 0. The standard InChI is InChI=1S/C10H13ClO2/c1-12-9-5-8(3-4-11)6-10(7-9)13-2/h5-7H,3-4H2,1-2H3. The quantitative estimate of drug-likeness (QED) is 0.696. The first-order valence-electron chi connectivity index (χ1n) is 4.08. The number of hydrogen-bond donors (Lipinski definition) is 0. The van der Waals surface area contributed by atoms with Crippen LogP contribution in [0.2, 0.25) is 0 Å². The van der Waals surface area contributed by atoms with Crippen LogP contribution in [0.3, 0.4) is 0 Å². The van der Waals surface area contributed by atoms with Crippen molar-refractivity contribution in [2.45, 2.75) is 6.42 Å². The van der Waals surface area contributed by atoms with E-state index in [0.29, 0.717) is 5.88 Å². The van der Waals surface area contributed by atoms with Crippen LogP contribution >= 0.6 is 11.6 Å². The SMILES string of the molecule is COc1cc(CCCl)cc(OC)c1. The van der Waals surface area contributed by atoms with Crippen LogP contribution in [0.15, 0.2) is 18.2 Å². The van der Waals surface area contributed by atoms with Gasteiger partial charge in [-0.05, 0) is 24.1 Å². The predicted molar refractivity (Wildman–Crippen MR) is 54.0 cm³/mol. The largest absolute Gasteiger partial charge is 0.497 e. The van der Waals surface area contributed by atoms with E-state index in [4.69, 9.17) is 21.1 Å². The fraction of sp³-hybridized carbons (Fsp3) is 0.400. The molecule has 0 aromatic heterocycles. The minimum atomic E-state index is 0.607. The first kappa shape index (κ1) is 10.2. The lowest BCUT2D eigenvalue weighted by molar-refractivity contribution is 0.393. The summed E-state index contributed by atoms with van der Waals surface area (Å²) in [6, 6.07) is 5.77. The zero-order valence-electron chi connectivity index (χ0n) is 7.84. The molecule has 0 aliphatic heterocycles. The molecule has 0 aliphatic carbocycles. The van der Waals surface area contributed by atoms with Crippen molar-refractivity contribution in [2.24, 2.45) is 0 Å². The number of benzene rings is 1. The van der Waals surface area contributed by atoms with Crippen molar-refractivity contribution in [1.82, 2.24) is 0 Å². The van der Waals surface area contributed by atoms with Crippen molar-refractivity contribution < 1.29 is 9.47 Å². The second-order valence-corrected chi connectivity index (χ2v) is 3.04. The van der Waals surface area contributed by atoms with Crippen molar-refractivity contribution >= 4 is 11.6 Å². The Morgan fingerprint density at radius 1 is 1.08 bits per heavy atom. The molecule has 0 unspecified atom stereocenters. The van der Waals surface area contributed by atoms with Gasteiger partial charge >= 0.3 is 0 Å². The van der Waals surface area contributed by atoms with Gasteiger partial charge in [0.05, 0.1) is 14.2 Å². The molecule has 3 heteroatoms. The van der Waals surface area contributed by atoms with Gasteiger partial charge in [0.15, 0.2) is 0 Å². The Labute approximate surface area is 83.4 Å². The molecule has 72 valence electrons. The molecule has 0 saturated heterocycles. The van der Waals surface area contributed by atoms with Gasteiger partial charge in [-0.15, -0.1) is 11.6 Å². The molecule has 0 spiro atoms. The third-order valence-electron chi connectivity index (χ3n) is 1.79.